The van der Waals surface area contributed by atoms with Crippen molar-refractivity contribution in [2.75, 3.05) is 23.7 Å². The number of nitrogens with zero attached hydrogens (tertiary/aromatic N) is 5. The van der Waals surface area contributed by atoms with Gasteiger partial charge in [-0.15, -0.1) is 5.10 Å². The summed E-state index contributed by atoms with van der Waals surface area (Å²) >= 11 is 6.44. The predicted molar refractivity (Wildman–Crippen MR) is 110 cm³/mol. The van der Waals surface area contributed by atoms with Crippen molar-refractivity contribution in [3.05, 3.63) is 35.5 Å². The van der Waals surface area contributed by atoms with E-state index in [4.69, 9.17) is 16.7 Å². The van der Waals surface area contributed by atoms with Gasteiger partial charge in [0.15, 0.2) is 0 Å². The molecule has 0 aliphatic carbocycles. The number of primary sulfonamides is 1. The molecule has 1 aliphatic rings. The lowest BCUT2D eigenvalue weighted by atomic mass is 10.1. The number of pyridine rings is 1. The normalized spacial score (nSPS) is 15.3. The molecule has 1 aromatic carbocycles. The number of anilines is 1. The maximum absolute atomic E-state index is 11.3. The van der Waals surface area contributed by atoms with Crippen LogP contribution in [-0.2, 0) is 16.6 Å². The van der Waals surface area contributed by atoms with E-state index in [-0.39, 0.29) is 12.3 Å². The zero-order chi connectivity index (χ0) is 19.7. The summed E-state index contributed by atoms with van der Waals surface area (Å²) < 4.78 is 24.1. The first-order valence-electron chi connectivity index (χ1n) is 9.15. The van der Waals surface area contributed by atoms with Gasteiger partial charge in [0.1, 0.15) is 11.3 Å². The lowest BCUT2D eigenvalue weighted by Crippen LogP contribution is -2.30. The van der Waals surface area contributed by atoms with Crippen molar-refractivity contribution in [1.29, 1.82) is 0 Å². The van der Waals surface area contributed by atoms with Crippen molar-refractivity contribution in [2.24, 2.45) is 5.14 Å². The van der Waals surface area contributed by atoms with Crippen LogP contribution in [0.3, 0.4) is 0 Å². The molecule has 10 heteroatoms. The maximum Gasteiger partial charge on any atom is 0.210 e. The Morgan fingerprint density at radius 2 is 1.93 bits per heavy atom. The minimum Gasteiger partial charge on any atom is -0.357 e. The molecule has 0 saturated carbocycles. The Bertz CT molecular complexity index is 1110. The van der Waals surface area contributed by atoms with Crippen molar-refractivity contribution < 1.29 is 8.42 Å². The number of halogens is 1. The van der Waals surface area contributed by atoms with E-state index in [2.05, 4.69) is 20.2 Å². The van der Waals surface area contributed by atoms with Gasteiger partial charge in [-0.1, -0.05) is 22.9 Å². The standard InChI is InChI=1S/C18H21ClN6O2S/c19-15-12-21-18(24-6-2-1-3-7-24)11-14(15)13-4-5-16-17(10-13)25(23-22-16)8-9-28(20,26)27/h4-5,10-12H,1-3,6-9H2,(H2,20,26,27). The van der Waals surface area contributed by atoms with Gasteiger partial charge in [0.2, 0.25) is 10.0 Å². The Morgan fingerprint density at radius 1 is 1.14 bits per heavy atom. The average molecular weight is 421 g/mol. The molecule has 0 bridgehead atoms. The van der Waals surface area contributed by atoms with Crippen LogP contribution < -0.4 is 10.0 Å². The highest BCUT2D eigenvalue weighted by Crippen LogP contribution is 2.32. The first-order valence-corrected chi connectivity index (χ1v) is 11.2. The predicted octanol–water partition coefficient (Wildman–Crippen LogP) is 2.43. The fraction of sp³-hybridized carbons (Fsp3) is 0.389. The molecular formula is C18H21ClN6O2S. The quantitative estimate of drug-likeness (QED) is 0.679. The summed E-state index contributed by atoms with van der Waals surface area (Å²) in [5, 5.41) is 13.8. The Morgan fingerprint density at radius 3 is 2.68 bits per heavy atom. The number of aryl methyl sites for hydroxylation is 1. The van der Waals surface area contributed by atoms with E-state index in [1.807, 2.05) is 24.3 Å². The monoisotopic (exact) mass is 420 g/mol. The van der Waals surface area contributed by atoms with Crippen LogP contribution in [0.2, 0.25) is 5.02 Å². The summed E-state index contributed by atoms with van der Waals surface area (Å²) in [6, 6.07) is 7.71. The topological polar surface area (TPSA) is 107 Å². The zero-order valence-electron chi connectivity index (χ0n) is 15.3. The molecular weight excluding hydrogens is 400 g/mol. The van der Waals surface area contributed by atoms with Crippen molar-refractivity contribution >= 4 is 38.5 Å². The molecule has 1 saturated heterocycles. The Kier molecular flexibility index (Phi) is 5.22. The Labute approximate surface area is 168 Å². The summed E-state index contributed by atoms with van der Waals surface area (Å²) in [6.07, 6.45) is 5.27. The number of aromatic nitrogens is 4. The highest BCUT2D eigenvalue weighted by molar-refractivity contribution is 7.89. The first kappa shape index (κ1) is 19.1. The molecule has 0 atom stereocenters. The van der Waals surface area contributed by atoms with Crippen LogP contribution in [0.25, 0.3) is 22.2 Å². The molecule has 2 N–H and O–H groups in total. The smallest absolute Gasteiger partial charge is 0.210 e. The second-order valence-electron chi connectivity index (χ2n) is 6.95. The van der Waals surface area contributed by atoms with Gasteiger partial charge in [0, 0.05) is 24.8 Å². The minimum absolute atomic E-state index is 0.141. The lowest BCUT2D eigenvalue weighted by molar-refractivity contribution is 0.573. The van der Waals surface area contributed by atoms with Crippen LogP contribution in [0, 0.1) is 0 Å². The van der Waals surface area contributed by atoms with Crippen molar-refractivity contribution in [3.63, 3.8) is 0 Å². The third-order valence-corrected chi connectivity index (χ3v) is 5.99. The van der Waals surface area contributed by atoms with Gasteiger partial charge in [-0.2, -0.15) is 0 Å². The molecule has 0 unspecified atom stereocenters. The summed E-state index contributed by atoms with van der Waals surface area (Å²) in [5.74, 6) is 0.713. The van der Waals surface area contributed by atoms with Crippen LogP contribution in [0.5, 0.6) is 0 Å². The van der Waals surface area contributed by atoms with E-state index in [1.54, 1.807) is 10.9 Å². The number of nitrogens with two attached hydrogens (primary N) is 1. The molecule has 1 aliphatic heterocycles. The number of hydrogen-bond donors (Lipinski definition) is 1. The maximum atomic E-state index is 11.3. The molecule has 1 fully saturated rings. The molecule has 0 spiro atoms. The van der Waals surface area contributed by atoms with Crippen LogP contribution >= 0.6 is 11.6 Å². The number of hydrogen-bond acceptors (Lipinski definition) is 6. The molecule has 148 valence electrons. The number of benzene rings is 1. The fourth-order valence-electron chi connectivity index (χ4n) is 3.46. The molecule has 8 nitrogen and oxygen atoms in total. The largest absolute Gasteiger partial charge is 0.357 e. The highest BCUT2D eigenvalue weighted by atomic mass is 35.5. The second-order valence-corrected chi connectivity index (χ2v) is 9.09. The lowest BCUT2D eigenvalue weighted by Gasteiger charge is -2.28. The van der Waals surface area contributed by atoms with Gasteiger partial charge in [-0.05, 0) is 43.0 Å². The van der Waals surface area contributed by atoms with E-state index in [9.17, 15) is 8.42 Å². The molecule has 3 aromatic rings. The number of rotatable bonds is 5. The third-order valence-electron chi connectivity index (χ3n) is 4.93. The average Bonchev–Trinajstić information content (AvgIpc) is 3.09. The molecule has 4 rings (SSSR count). The number of fused-ring (bicyclic) bond motifs is 1. The molecule has 2 aromatic heterocycles. The van der Waals surface area contributed by atoms with Gasteiger partial charge < -0.3 is 4.90 Å². The second kappa shape index (κ2) is 7.65. The van der Waals surface area contributed by atoms with Gasteiger partial charge in [0.25, 0.3) is 0 Å². The van der Waals surface area contributed by atoms with Crippen LogP contribution in [0.4, 0.5) is 5.82 Å². The summed E-state index contributed by atoms with van der Waals surface area (Å²) in [6.45, 7) is 2.14. The van der Waals surface area contributed by atoms with E-state index in [1.165, 1.54) is 19.3 Å². The highest BCUT2D eigenvalue weighted by Gasteiger charge is 2.16. The van der Waals surface area contributed by atoms with Gasteiger partial charge in [-0.25, -0.2) is 23.2 Å². The summed E-state index contributed by atoms with van der Waals surface area (Å²) in [4.78, 5) is 6.78. The van der Waals surface area contributed by atoms with Crippen molar-refractivity contribution in [1.82, 2.24) is 20.0 Å². The van der Waals surface area contributed by atoms with E-state index < -0.39 is 10.0 Å². The molecule has 0 amide bonds. The summed E-state index contributed by atoms with van der Waals surface area (Å²) in [5.41, 5.74) is 3.18. The van der Waals surface area contributed by atoms with Crippen LogP contribution in [0.15, 0.2) is 30.5 Å². The van der Waals surface area contributed by atoms with Crippen LogP contribution in [-0.4, -0.2) is 47.2 Å². The Hall–Kier alpha value is -2.23. The van der Waals surface area contributed by atoms with E-state index >= 15 is 0 Å². The van der Waals surface area contributed by atoms with Crippen molar-refractivity contribution in [3.8, 4) is 11.1 Å². The van der Waals surface area contributed by atoms with Crippen molar-refractivity contribution in [2.45, 2.75) is 25.8 Å². The fourth-order valence-corrected chi connectivity index (χ4v) is 4.10. The third kappa shape index (κ3) is 4.11. The molecule has 28 heavy (non-hydrogen) atoms. The van der Waals surface area contributed by atoms with E-state index in [0.29, 0.717) is 10.5 Å². The molecule has 0 radical (unpaired) electrons. The zero-order valence-corrected chi connectivity index (χ0v) is 16.8. The van der Waals surface area contributed by atoms with Gasteiger partial charge in [0.05, 0.1) is 22.8 Å². The first-order chi connectivity index (χ1) is 13.4. The van der Waals surface area contributed by atoms with Crippen LogP contribution in [0.1, 0.15) is 19.3 Å². The van der Waals surface area contributed by atoms with E-state index in [0.717, 1.165) is 35.6 Å². The Balaban J connectivity index is 1.70. The molecule has 3 heterocycles. The van der Waals surface area contributed by atoms with Gasteiger partial charge in [-0.3, -0.25) is 0 Å². The number of sulfonamides is 1. The number of piperidine rings is 1. The minimum atomic E-state index is -3.58. The summed E-state index contributed by atoms with van der Waals surface area (Å²) in [7, 11) is -3.58. The SMILES string of the molecule is NS(=O)(=O)CCn1nnc2ccc(-c3cc(N4CCCCC4)ncc3Cl)cc21. The van der Waals surface area contributed by atoms with Gasteiger partial charge >= 0.3 is 0 Å².